The number of carboxylic acids is 1. The van der Waals surface area contributed by atoms with Crippen molar-refractivity contribution in [1.82, 2.24) is 5.32 Å². The van der Waals surface area contributed by atoms with E-state index in [0.717, 1.165) is 6.42 Å². The second kappa shape index (κ2) is 5.75. The second-order valence-corrected chi connectivity index (χ2v) is 3.27. The maximum atomic E-state index is 11.3. The smallest absolute Gasteiger partial charge is 0.335 e. The Morgan fingerprint density at radius 1 is 1.38 bits per heavy atom. The molecule has 0 saturated carbocycles. The number of carbonyl (C=O) groups excluding carboxylic acids is 1. The normalized spacial score (nSPS) is 9.56. The molecule has 2 amide bonds. The van der Waals surface area contributed by atoms with Crippen molar-refractivity contribution in [3.05, 3.63) is 29.8 Å². The molecule has 0 radical (unpaired) electrons. The van der Waals surface area contributed by atoms with Crippen LogP contribution in [0.4, 0.5) is 10.5 Å². The number of anilines is 1. The van der Waals surface area contributed by atoms with Crippen LogP contribution in [0.15, 0.2) is 24.3 Å². The van der Waals surface area contributed by atoms with E-state index < -0.39 is 5.97 Å². The number of aromatic carboxylic acids is 1. The van der Waals surface area contributed by atoms with E-state index >= 15 is 0 Å². The first kappa shape index (κ1) is 12.0. The Bertz CT molecular complexity index is 391. The highest BCUT2D eigenvalue weighted by Gasteiger charge is 2.05. The molecule has 1 aromatic carbocycles. The molecule has 0 spiro atoms. The number of carboxylic acid groups (broad SMARTS) is 1. The summed E-state index contributed by atoms with van der Waals surface area (Å²) >= 11 is 0. The molecule has 5 nitrogen and oxygen atoms in total. The molecule has 0 aliphatic heterocycles. The number of nitrogens with one attached hydrogen (secondary N) is 2. The number of hydrogen-bond acceptors (Lipinski definition) is 2. The Kier molecular flexibility index (Phi) is 4.32. The van der Waals surface area contributed by atoms with Gasteiger partial charge in [0, 0.05) is 12.2 Å². The van der Waals surface area contributed by atoms with Gasteiger partial charge < -0.3 is 15.7 Å². The lowest BCUT2D eigenvalue weighted by molar-refractivity contribution is 0.0697. The van der Waals surface area contributed by atoms with Gasteiger partial charge in [-0.25, -0.2) is 9.59 Å². The summed E-state index contributed by atoms with van der Waals surface area (Å²) in [5, 5.41) is 13.9. The van der Waals surface area contributed by atoms with Crippen molar-refractivity contribution in [2.24, 2.45) is 0 Å². The first-order valence-corrected chi connectivity index (χ1v) is 5.01. The maximum Gasteiger partial charge on any atom is 0.335 e. The molecule has 0 bridgehead atoms. The van der Waals surface area contributed by atoms with Gasteiger partial charge in [-0.1, -0.05) is 13.0 Å². The minimum Gasteiger partial charge on any atom is -0.478 e. The summed E-state index contributed by atoms with van der Waals surface area (Å²) in [5.41, 5.74) is 0.613. The fraction of sp³-hybridized carbons (Fsp3) is 0.273. The van der Waals surface area contributed by atoms with Crippen molar-refractivity contribution < 1.29 is 14.7 Å². The Morgan fingerprint density at radius 3 is 2.75 bits per heavy atom. The third-order valence-corrected chi connectivity index (χ3v) is 1.90. The van der Waals surface area contributed by atoms with Crippen LogP contribution in [0.25, 0.3) is 0 Å². The van der Waals surface area contributed by atoms with Crippen LogP contribution in [-0.4, -0.2) is 23.7 Å². The number of rotatable bonds is 4. The lowest BCUT2D eigenvalue weighted by Crippen LogP contribution is -2.29. The van der Waals surface area contributed by atoms with Gasteiger partial charge in [-0.05, 0) is 24.6 Å². The van der Waals surface area contributed by atoms with E-state index in [9.17, 15) is 9.59 Å². The summed E-state index contributed by atoms with van der Waals surface area (Å²) in [6.45, 7) is 2.54. The van der Waals surface area contributed by atoms with Crippen molar-refractivity contribution in [3.63, 3.8) is 0 Å². The molecule has 1 aromatic rings. The topological polar surface area (TPSA) is 78.4 Å². The monoisotopic (exact) mass is 222 g/mol. The summed E-state index contributed by atoms with van der Waals surface area (Å²) in [6, 6.07) is 5.77. The van der Waals surface area contributed by atoms with E-state index in [0.29, 0.717) is 12.2 Å². The molecule has 0 aliphatic rings. The van der Waals surface area contributed by atoms with E-state index in [2.05, 4.69) is 10.6 Å². The third-order valence-electron chi connectivity index (χ3n) is 1.90. The molecule has 5 heteroatoms. The van der Waals surface area contributed by atoms with Crippen LogP contribution in [-0.2, 0) is 0 Å². The molecule has 0 saturated heterocycles. The van der Waals surface area contributed by atoms with Crippen LogP contribution in [0.1, 0.15) is 23.7 Å². The Labute approximate surface area is 93.5 Å². The van der Waals surface area contributed by atoms with E-state index in [1.54, 1.807) is 12.1 Å². The average molecular weight is 222 g/mol. The van der Waals surface area contributed by atoms with Crippen molar-refractivity contribution in [1.29, 1.82) is 0 Å². The van der Waals surface area contributed by atoms with Crippen LogP contribution in [0.2, 0.25) is 0 Å². The number of carbonyl (C=O) groups is 2. The quantitative estimate of drug-likeness (QED) is 0.728. The Hall–Kier alpha value is -2.04. The van der Waals surface area contributed by atoms with Crippen molar-refractivity contribution in [2.45, 2.75) is 13.3 Å². The molecule has 0 unspecified atom stereocenters. The van der Waals surface area contributed by atoms with Crippen molar-refractivity contribution >= 4 is 17.7 Å². The van der Waals surface area contributed by atoms with Gasteiger partial charge >= 0.3 is 12.0 Å². The molecule has 0 fully saturated rings. The SMILES string of the molecule is CCCNC(=O)Nc1cccc(C(=O)O)c1. The molecule has 0 heterocycles. The molecule has 16 heavy (non-hydrogen) atoms. The minimum atomic E-state index is -1.02. The number of urea groups is 1. The second-order valence-electron chi connectivity index (χ2n) is 3.27. The minimum absolute atomic E-state index is 0.147. The van der Waals surface area contributed by atoms with Gasteiger partial charge in [-0.3, -0.25) is 0 Å². The highest BCUT2D eigenvalue weighted by atomic mass is 16.4. The zero-order valence-electron chi connectivity index (χ0n) is 8.99. The maximum absolute atomic E-state index is 11.3. The van der Waals surface area contributed by atoms with Gasteiger partial charge in [0.15, 0.2) is 0 Å². The van der Waals surface area contributed by atoms with E-state index in [-0.39, 0.29) is 11.6 Å². The predicted octanol–water partition coefficient (Wildman–Crippen LogP) is 1.92. The van der Waals surface area contributed by atoms with Crippen molar-refractivity contribution in [2.75, 3.05) is 11.9 Å². The van der Waals surface area contributed by atoms with Gasteiger partial charge in [-0.15, -0.1) is 0 Å². The summed E-state index contributed by atoms with van der Waals surface area (Å²) in [5.74, 6) is -1.02. The van der Waals surface area contributed by atoms with Gasteiger partial charge in [0.05, 0.1) is 5.56 Å². The van der Waals surface area contributed by atoms with Gasteiger partial charge in [0.25, 0.3) is 0 Å². The molecule has 0 atom stereocenters. The van der Waals surface area contributed by atoms with Crippen molar-refractivity contribution in [3.8, 4) is 0 Å². The fourth-order valence-corrected chi connectivity index (χ4v) is 1.14. The fourth-order valence-electron chi connectivity index (χ4n) is 1.14. The van der Waals surface area contributed by atoms with E-state index in [4.69, 9.17) is 5.11 Å². The molecule has 86 valence electrons. The molecule has 0 aliphatic carbocycles. The Balaban J connectivity index is 2.63. The third kappa shape index (κ3) is 3.61. The lowest BCUT2D eigenvalue weighted by atomic mass is 10.2. The molecular formula is C11H14N2O3. The Morgan fingerprint density at radius 2 is 2.12 bits per heavy atom. The van der Waals surface area contributed by atoms with Gasteiger partial charge in [-0.2, -0.15) is 0 Å². The zero-order valence-corrected chi connectivity index (χ0v) is 8.99. The molecule has 3 N–H and O–H groups in total. The molecular weight excluding hydrogens is 208 g/mol. The van der Waals surface area contributed by atoms with Gasteiger partial charge in [0.2, 0.25) is 0 Å². The highest BCUT2D eigenvalue weighted by molar-refractivity contribution is 5.93. The standard InChI is InChI=1S/C11H14N2O3/c1-2-6-12-11(16)13-9-5-3-4-8(7-9)10(14)15/h3-5,7H,2,6H2,1H3,(H,14,15)(H2,12,13,16). The summed E-state index contributed by atoms with van der Waals surface area (Å²) < 4.78 is 0. The lowest BCUT2D eigenvalue weighted by Gasteiger charge is -2.06. The highest BCUT2D eigenvalue weighted by Crippen LogP contribution is 2.10. The van der Waals surface area contributed by atoms with Crippen LogP contribution in [0.3, 0.4) is 0 Å². The summed E-state index contributed by atoms with van der Waals surface area (Å²) in [7, 11) is 0. The summed E-state index contributed by atoms with van der Waals surface area (Å²) in [4.78, 5) is 22.0. The average Bonchev–Trinajstić information content (AvgIpc) is 2.26. The van der Waals surface area contributed by atoms with Crippen LogP contribution < -0.4 is 10.6 Å². The predicted molar refractivity (Wildman–Crippen MR) is 60.7 cm³/mol. The van der Waals surface area contributed by atoms with E-state index in [1.165, 1.54) is 12.1 Å². The number of hydrogen-bond donors (Lipinski definition) is 3. The molecule has 1 rings (SSSR count). The van der Waals surface area contributed by atoms with Crippen LogP contribution >= 0.6 is 0 Å². The summed E-state index contributed by atoms with van der Waals surface area (Å²) in [6.07, 6.45) is 0.850. The largest absolute Gasteiger partial charge is 0.478 e. The first-order chi connectivity index (χ1) is 7.63. The van der Waals surface area contributed by atoms with E-state index in [1.807, 2.05) is 6.92 Å². The number of benzene rings is 1. The van der Waals surface area contributed by atoms with Gasteiger partial charge in [0.1, 0.15) is 0 Å². The van der Waals surface area contributed by atoms with Crippen LogP contribution in [0.5, 0.6) is 0 Å². The first-order valence-electron chi connectivity index (χ1n) is 5.01. The van der Waals surface area contributed by atoms with Crippen LogP contribution in [0, 0.1) is 0 Å². The molecule has 0 aromatic heterocycles. The number of amides is 2. The zero-order chi connectivity index (χ0) is 12.0.